The van der Waals surface area contributed by atoms with Gasteiger partial charge < -0.3 is 19.4 Å². The molecule has 6 nitrogen and oxygen atoms in total. The van der Waals surface area contributed by atoms with Gasteiger partial charge in [-0.1, -0.05) is 5.16 Å². The fourth-order valence-electron chi connectivity index (χ4n) is 1.43. The van der Waals surface area contributed by atoms with Crippen molar-refractivity contribution in [2.45, 2.75) is 26.1 Å². The molecule has 0 aliphatic heterocycles. The molecule has 0 aliphatic carbocycles. The van der Waals surface area contributed by atoms with Crippen LogP contribution in [0.4, 0.5) is 17.6 Å². The van der Waals surface area contributed by atoms with Crippen LogP contribution >= 0.6 is 0 Å². The normalized spacial score (nSPS) is 11.2. The molecule has 0 saturated carbocycles. The van der Waals surface area contributed by atoms with Crippen LogP contribution in [0.3, 0.4) is 0 Å². The number of alkyl halides is 4. The van der Waals surface area contributed by atoms with E-state index in [1.807, 2.05) is 0 Å². The van der Waals surface area contributed by atoms with Gasteiger partial charge >= 0.3 is 19.2 Å². The molecule has 0 aliphatic rings. The Balaban J connectivity index is 2.66. The minimum Gasteiger partial charge on any atom is -0.481 e. The highest BCUT2D eigenvalue weighted by Crippen LogP contribution is 2.30. The molecule has 0 amide bonds. The Bertz CT molecular complexity index is 539. The zero-order chi connectivity index (χ0) is 17.2. The van der Waals surface area contributed by atoms with E-state index >= 15 is 0 Å². The third-order valence-corrected chi connectivity index (χ3v) is 2.30. The Labute approximate surface area is 128 Å². The van der Waals surface area contributed by atoms with Crippen molar-refractivity contribution in [3.8, 4) is 11.5 Å². The van der Waals surface area contributed by atoms with E-state index in [4.69, 9.17) is 9.94 Å². The number of hydrogen-bond acceptors (Lipinski definition) is 5. The number of halogens is 4. The highest BCUT2D eigenvalue weighted by molar-refractivity contribution is 5.80. The fourth-order valence-corrected chi connectivity index (χ4v) is 1.43. The number of carboxylic acid groups (broad SMARTS) is 1. The van der Waals surface area contributed by atoms with Gasteiger partial charge in [0, 0.05) is 12.0 Å². The first-order chi connectivity index (χ1) is 10.9. The zero-order valence-corrected chi connectivity index (χ0v) is 11.6. The molecule has 0 bridgehead atoms. The van der Waals surface area contributed by atoms with E-state index in [-0.39, 0.29) is 25.0 Å². The summed E-state index contributed by atoms with van der Waals surface area (Å²) in [6.07, 6.45) is 1.29. The second-order valence-corrected chi connectivity index (χ2v) is 4.03. The van der Waals surface area contributed by atoms with Gasteiger partial charge in [-0.2, -0.15) is 17.6 Å². The van der Waals surface area contributed by atoms with Gasteiger partial charge in [0.2, 0.25) is 0 Å². The first kappa shape index (κ1) is 18.5. The molecular formula is C13H13F4NO5. The van der Waals surface area contributed by atoms with Crippen molar-refractivity contribution in [3.05, 3.63) is 23.8 Å². The molecule has 10 heteroatoms. The van der Waals surface area contributed by atoms with E-state index in [1.165, 1.54) is 6.07 Å². The molecule has 128 valence electrons. The first-order valence-corrected chi connectivity index (χ1v) is 6.29. The molecule has 0 heterocycles. The maximum atomic E-state index is 12.3. The molecule has 0 radical (unpaired) electrons. The second-order valence-electron chi connectivity index (χ2n) is 4.03. The third-order valence-electron chi connectivity index (χ3n) is 2.30. The Morgan fingerprint density at radius 1 is 1.17 bits per heavy atom. The molecule has 23 heavy (non-hydrogen) atoms. The third kappa shape index (κ3) is 7.88. The summed E-state index contributed by atoms with van der Waals surface area (Å²) in [6.45, 7) is -6.35. The standard InChI is InChI=1S/C13H13F4NO5/c14-12(15)22-9-4-3-8(6-10(9)23-13(16)17)7-18-21-5-1-2-11(19)20/h3-4,6-7,12-13H,1-2,5H2,(H,19,20). The van der Waals surface area contributed by atoms with E-state index in [0.717, 1.165) is 18.3 Å². The molecule has 1 aromatic carbocycles. The SMILES string of the molecule is O=C(O)CCCON=Cc1ccc(OC(F)F)c(OC(F)F)c1. The van der Waals surface area contributed by atoms with Crippen LogP contribution in [0.5, 0.6) is 11.5 Å². The van der Waals surface area contributed by atoms with Crippen molar-refractivity contribution in [1.82, 2.24) is 0 Å². The number of nitrogens with zero attached hydrogens (tertiary/aromatic N) is 1. The smallest absolute Gasteiger partial charge is 0.387 e. The van der Waals surface area contributed by atoms with Crippen LogP contribution in [-0.4, -0.2) is 37.1 Å². The van der Waals surface area contributed by atoms with Gasteiger partial charge in [-0.3, -0.25) is 4.79 Å². The summed E-state index contributed by atoms with van der Waals surface area (Å²) >= 11 is 0. The van der Waals surface area contributed by atoms with Gasteiger partial charge in [0.05, 0.1) is 6.21 Å². The van der Waals surface area contributed by atoms with Crippen molar-refractivity contribution < 1.29 is 41.8 Å². The first-order valence-electron chi connectivity index (χ1n) is 6.29. The van der Waals surface area contributed by atoms with E-state index < -0.39 is 30.7 Å². The van der Waals surface area contributed by atoms with Gasteiger partial charge in [-0.15, -0.1) is 0 Å². The van der Waals surface area contributed by atoms with Crippen LogP contribution in [0.25, 0.3) is 0 Å². The van der Waals surface area contributed by atoms with Crippen molar-refractivity contribution in [3.63, 3.8) is 0 Å². The molecule has 0 aromatic heterocycles. The van der Waals surface area contributed by atoms with E-state index in [9.17, 15) is 22.4 Å². The predicted molar refractivity (Wildman–Crippen MR) is 70.1 cm³/mol. The number of carbonyl (C=O) groups is 1. The van der Waals surface area contributed by atoms with Crippen LogP contribution in [0.1, 0.15) is 18.4 Å². The highest BCUT2D eigenvalue weighted by Gasteiger charge is 2.15. The van der Waals surface area contributed by atoms with Crippen molar-refractivity contribution in [2.75, 3.05) is 6.61 Å². The molecule has 0 unspecified atom stereocenters. The Morgan fingerprint density at radius 2 is 1.83 bits per heavy atom. The summed E-state index contributed by atoms with van der Waals surface area (Å²) in [6, 6.07) is 3.32. The van der Waals surface area contributed by atoms with Crippen molar-refractivity contribution >= 4 is 12.2 Å². The molecule has 1 N–H and O–H groups in total. The van der Waals surface area contributed by atoms with Crippen LogP contribution < -0.4 is 9.47 Å². The molecule has 1 rings (SSSR count). The largest absolute Gasteiger partial charge is 0.481 e. The number of rotatable bonds is 10. The zero-order valence-electron chi connectivity index (χ0n) is 11.6. The summed E-state index contributed by atoms with van der Waals surface area (Å²) < 4.78 is 57.0. The van der Waals surface area contributed by atoms with E-state index in [2.05, 4.69) is 14.6 Å². The number of hydrogen-bond donors (Lipinski definition) is 1. The van der Waals surface area contributed by atoms with Crippen LogP contribution in [0.15, 0.2) is 23.4 Å². The van der Waals surface area contributed by atoms with Gasteiger partial charge in [-0.25, -0.2) is 0 Å². The van der Waals surface area contributed by atoms with Gasteiger partial charge in [0.25, 0.3) is 0 Å². The van der Waals surface area contributed by atoms with Crippen molar-refractivity contribution in [1.29, 1.82) is 0 Å². The summed E-state index contributed by atoms with van der Waals surface area (Å²) in [5, 5.41) is 11.9. The van der Waals surface area contributed by atoms with Crippen molar-refractivity contribution in [2.24, 2.45) is 5.16 Å². The number of oxime groups is 1. The summed E-state index contributed by atoms with van der Waals surface area (Å²) in [5.74, 6) is -2.09. The molecular weight excluding hydrogens is 326 g/mol. The summed E-state index contributed by atoms with van der Waals surface area (Å²) in [5.41, 5.74) is 0.237. The lowest BCUT2D eigenvalue weighted by Gasteiger charge is -2.11. The molecule has 1 aromatic rings. The number of carboxylic acids is 1. The van der Waals surface area contributed by atoms with Gasteiger partial charge in [0.1, 0.15) is 6.61 Å². The number of ether oxygens (including phenoxy) is 2. The maximum absolute atomic E-state index is 12.3. The van der Waals surface area contributed by atoms with E-state index in [0.29, 0.717) is 0 Å². The highest BCUT2D eigenvalue weighted by atomic mass is 19.3. The average Bonchev–Trinajstić information content (AvgIpc) is 2.44. The minimum atomic E-state index is -3.21. The lowest BCUT2D eigenvalue weighted by molar-refractivity contribution is -0.137. The monoisotopic (exact) mass is 339 g/mol. The topological polar surface area (TPSA) is 77.4 Å². The Morgan fingerprint density at radius 3 is 2.43 bits per heavy atom. The Kier molecular flexibility index (Phi) is 7.64. The van der Waals surface area contributed by atoms with Crippen LogP contribution in [0.2, 0.25) is 0 Å². The van der Waals surface area contributed by atoms with Gasteiger partial charge in [0.15, 0.2) is 11.5 Å². The lowest BCUT2D eigenvalue weighted by atomic mass is 10.2. The van der Waals surface area contributed by atoms with Crippen LogP contribution in [0, 0.1) is 0 Å². The lowest BCUT2D eigenvalue weighted by Crippen LogP contribution is -2.08. The van der Waals surface area contributed by atoms with Crippen LogP contribution in [-0.2, 0) is 9.63 Å². The predicted octanol–water partition coefficient (Wildman–Crippen LogP) is 3.10. The Hall–Kier alpha value is -2.52. The number of benzene rings is 1. The molecule has 0 atom stereocenters. The molecule has 0 spiro atoms. The minimum absolute atomic E-state index is 0.0514. The molecule has 0 fully saturated rings. The van der Waals surface area contributed by atoms with Gasteiger partial charge in [-0.05, 0) is 24.6 Å². The average molecular weight is 339 g/mol. The number of aliphatic carboxylic acids is 1. The summed E-state index contributed by atoms with van der Waals surface area (Å²) in [4.78, 5) is 15.0. The molecule has 0 saturated heterocycles. The van der Waals surface area contributed by atoms with E-state index in [1.54, 1.807) is 0 Å². The quantitative estimate of drug-likeness (QED) is 0.307. The fraction of sp³-hybridized carbons (Fsp3) is 0.385. The second kappa shape index (κ2) is 9.49. The maximum Gasteiger partial charge on any atom is 0.387 e. The summed E-state index contributed by atoms with van der Waals surface area (Å²) in [7, 11) is 0.